The molecule has 0 spiro atoms. The Morgan fingerprint density at radius 3 is 2.83 bits per heavy atom. The van der Waals surface area contributed by atoms with Crippen molar-refractivity contribution in [2.24, 2.45) is 7.05 Å². The van der Waals surface area contributed by atoms with E-state index in [2.05, 4.69) is 15.7 Å². The first-order valence-electron chi connectivity index (χ1n) is 6.17. The highest BCUT2D eigenvalue weighted by Gasteiger charge is 2.27. The van der Waals surface area contributed by atoms with Crippen LogP contribution in [0.4, 0.5) is 0 Å². The summed E-state index contributed by atoms with van der Waals surface area (Å²) >= 11 is 0. The smallest absolute Gasteiger partial charge is 0.237 e. The zero-order valence-corrected chi connectivity index (χ0v) is 11.0. The fourth-order valence-corrected chi connectivity index (χ4v) is 2.29. The van der Waals surface area contributed by atoms with Crippen LogP contribution in [0.2, 0.25) is 0 Å². The van der Waals surface area contributed by atoms with Gasteiger partial charge in [-0.05, 0) is 20.3 Å². The van der Waals surface area contributed by atoms with Crippen molar-refractivity contribution in [3.05, 3.63) is 17.0 Å². The van der Waals surface area contributed by atoms with Gasteiger partial charge in [0.15, 0.2) is 0 Å². The summed E-state index contributed by atoms with van der Waals surface area (Å²) in [5.74, 6) is -0.0609. The van der Waals surface area contributed by atoms with Crippen LogP contribution in [0, 0.1) is 13.8 Å². The lowest BCUT2D eigenvalue weighted by Crippen LogP contribution is -2.40. The Labute approximate surface area is 106 Å². The Morgan fingerprint density at radius 2 is 2.33 bits per heavy atom. The summed E-state index contributed by atoms with van der Waals surface area (Å²) in [7, 11) is 1.89. The number of nitrogens with zero attached hydrogens (tertiary/aromatic N) is 2. The first-order valence-corrected chi connectivity index (χ1v) is 6.17. The molecule has 3 N–H and O–H groups in total. The van der Waals surface area contributed by atoms with Crippen molar-refractivity contribution in [2.45, 2.75) is 39.0 Å². The molecule has 18 heavy (non-hydrogen) atoms. The largest absolute Gasteiger partial charge is 0.392 e. The van der Waals surface area contributed by atoms with E-state index in [0.29, 0.717) is 19.5 Å². The zero-order valence-electron chi connectivity index (χ0n) is 11.0. The molecule has 1 saturated heterocycles. The second-order valence-electron chi connectivity index (χ2n) is 4.84. The molecule has 1 fully saturated rings. The molecule has 1 amide bonds. The SMILES string of the molecule is Cc1nn(C)c(C)c1CNC(=O)C1CC(O)CN1. The molecule has 0 radical (unpaired) electrons. The minimum absolute atomic E-state index is 0.0609. The third-order valence-corrected chi connectivity index (χ3v) is 3.52. The van der Waals surface area contributed by atoms with Gasteiger partial charge in [0.05, 0.1) is 17.8 Å². The molecule has 2 unspecified atom stereocenters. The van der Waals surface area contributed by atoms with E-state index in [1.165, 1.54) is 0 Å². The van der Waals surface area contributed by atoms with Crippen molar-refractivity contribution in [1.29, 1.82) is 0 Å². The van der Waals surface area contributed by atoms with Crippen LogP contribution >= 0.6 is 0 Å². The molecule has 1 aliphatic rings. The average Bonchev–Trinajstić information content (AvgIpc) is 2.83. The molecule has 1 aliphatic heterocycles. The molecule has 100 valence electrons. The standard InChI is InChI=1S/C12H20N4O2/c1-7-10(8(2)16(3)15-7)6-14-12(18)11-4-9(17)5-13-11/h9,11,13,17H,4-6H2,1-3H3,(H,14,18). The van der Waals surface area contributed by atoms with Crippen LogP contribution in [-0.2, 0) is 18.4 Å². The number of aryl methyl sites for hydroxylation is 2. The highest BCUT2D eigenvalue weighted by molar-refractivity contribution is 5.82. The van der Waals surface area contributed by atoms with Crippen LogP contribution in [0.25, 0.3) is 0 Å². The molecule has 0 saturated carbocycles. The summed E-state index contributed by atoms with van der Waals surface area (Å²) in [5, 5.41) is 19.6. The molecule has 2 heterocycles. The third kappa shape index (κ3) is 2.54. The quantitative estimate of drug-likeness (QED) is 0.669. The van der Waals surface area contributed by atoms with E-state index in [-0.39, 0.29) is 11.9 Å². The van der Waals surface area contributed by atoms with E-state index in [4.69, 9.17) is 0 Å². The van der Waals surface area contributed by atoms with E-state index < -0.39 is 6.10 Å². The molecule has 1 aromatic rings. The van der Waals surface area contributed by atoms with E-state index >= 15 is 0 Å². The van der Waals surface area contributed by atoms with Gasteiger partial charge >= 0.3 is 0 Å². The second-order valence-corrected chi connectivity index (χ2v) is 4.84. The summed E-state index contributed by atoms with van der Waals surface area (Å²) in [6.45, 7) is 4.90. The number of carbonyl (C=O) groups is 1. The van der Waals surface area contributed by atoms with Crippen molar-refractivity contribution >= 4 is 5.91 Å². The molecule has 2 atom stereocenters. The molecular formula is C12H20N4O2. The van der Waals surface area contributed by atoms with E-state index in [9.17, 15) is 9.90 Å². The molecule has 0 aliphatic carbocycles. The first kappa shape index (κ1) is 13.0. The number of aromatic nitrogens is 2. The normalized spacial score (nSPS) is 23.3. The van der Waals surface area contributed by atoms with Crippen LogP contribution in [0.3, 0.4) is 0 Å². The Hall–Kier alpha value is -1.40. The van der Waals surface area contributed by atoms with Gasteiger partial charge in [0.2, 0.25) is 5.91 Å². The maximum Gasteiger partial charge on any atom is 0.237 e. The van der Waals surface area contributed by atoms with Crippen molar-refractivity contribution in [3.63, 3.8) is 0 Å². The number of carbonyl (C=O) groups excluding carboxylic acids is 1. The molecular weight excluding hydrogens is 232 g/mol. The lowest BCUT2D eigenvalue weighted by atomic mass is 10.1. The Balaban J connectivity index is 1.93. The highest BCUT2D eigenvalue weighted by Crippen LogP contribution is 2.12. The molecule has 6 heteroatoms. The number of hydrogen-bond acceptors (Lipinski definition) is 4. The number of β-amino-alcohol motifs (C(OH)–C–C–N with tert-alkyl or cyclic N) is 1. The lowest BCUT2D eigenvalue weighted by Gasteiger charge is -2.11. The van der Waals surface area contributed by atoms with Gasteiger partial charge in [-0.15, -0.1) is 0 Å². The van der Waals surface area contributed by atoms with Gasteiger partial charge in [-0.2, -0.15) is 5.10 Å². The minimum atomic E-state index is -0.414. The Morgan fingerprint density at radius 1 is 1.61 bits per heavy atom. The second kappa shape index (κ2) is 5.07. The lowest BCUT2D eigenvalue weighted by molar-refractivity contribution is -0.123. The Kier molecular flexibility index (Phi) is 3.68. The van der Waals surface area contributed by atoms with Gasteiger partial charge in [-0.25, -0.2) is 0 Å². The number of aliphatic hydroxyl groups is 1. The summed E-state index contributed by atoms with van der Waals surface area (Å²) in [5.41, 5.74) is 3.06. The third-order valence-electron chi connectivity index (χ3n) is 3.52. The number of hydrogen-bond donors (Lipinski definition) is 3. The molecule has 6 nitrogen and oxygen atoms in total. The van der Waals surface area contributed by atoms with Crippen LogP contribution in [0.15, 0.2) is 0 Å². The number of rotatable bonds is 3. The summed E-state index contributed by atoms with van der Waals surface area (Å²) in [6.07, 6.45) is 0.0687. The van der Waals surface area contributed by atoms with Crippen molar-refractivity contribution in [2.75, 3.05) is 6.54 Å². The summed E-state index contributed by atoms with van der Waals surface area (Å²) in [6, 6.07) is -0.280. The van der Waals surface area contributed by atoms with Crippen LogP contribution in [0.1, 0.15) is 23.4 Å². The van der Waals surface area contributed by atoms with Crippen LogP contribution in [0.5, 0.6) is 0 Å². The highest BCUT2D eigenvalue weighted by atomic mass is 16.3. The topological polar surface area (TPSA) is 79.2 Å². The molecule has 0 bridgehead atoms. The Bertz CT molecular complexity index is 455. The maximum absolute atomic E-state index is 11.9. The number of aliphatic hydroxyl groups excluding tert-OH is 1. The molecule has 0 aromatic carbocycles. The predicted octanol–water partition coefficient (Wildman–Crippen LogP) is -0.624. The minimum Gasteiger partial charge on any atom is -0.392 e. The van der Waals surface area contributed by atoms with E-state index in [0.717, 1.165) is 17.0 Å². The fourth-order valence-electron chi connectivity index (χ4n) is 2.29. The number of nitrogens with one attached hydrogen (secondary N) is 2. The molecule has 2 rings (SSSR count). The fraction of sp³-hybridized carbons (Fsp3) is 0.667. The van der Waals surface area contributed by atoms with E-state index in [1.807, 2.05) is 25.6 Å². The van der Waals surface area contributed by atoms with Crippen molar-refractivity contribution in [1.82, 2.24) is 20.4 Å². The van der Waals surface area contributed by atoms with Crippen LogP contribution in [-0.4, -0.2) is 39.5 Å². The summed E-state index contributed by atoms with van der Waals surface area (Å²) < 4.78 is 1.81. The van der Waals surface area contributed by atoms with Gasteiger partial charge in [0.25, 0.3) is 0 Å². The van der Waals surface area contributed by atoms with Gasteiger partial charge < -0.3 is 15.7 Å². The first-order chi connectivity index (χ1) is 8.49. The van der Waals surface area contributed by atoms with Gasteiger partial charge in [0, 0.05) is 31.4 Å². The maximum atomic E-state index is 11.9. The van der Waals surface area contributed by atoms with Crippen molar-refractivity contribution in [3.8, 4) is 0 Å². The summed E-state index contributed by atoms with van der Waals surface area (Å²) in [4.78, 5) is 11.9. The average molecular weight is 252 g/mol. The van der Waals surface area contributed by atoms with Crippen LogP contribution < -0.4 is 10.6 Å². The van der Waals surface area contributed by atoms with E-state index in [1.54, 1.807) is 0 Å². The van der Waals surface area contributed by atoms with Gasteiger partial charge in [-0.3, -0.25) is 9.48 Å². The van der Waals surface area contributed by atoms with Crippen molar-refractivity contribution < 1.29 is 9.90 Å². The predicted molar refractivity (Wildman–Crippen MR) is 66.9 cm³/mol. The van der Waals surface area contributed by atoms with Gasteiger partial charge in [0.1, 0.15) is 0 Å². The number of amides is 1. The molecule has 1 aromatic heterocycles. The van der Waals surface area contributed by atoms with Gasteiger partial charge in [-0.1, -0.05) is 0 Å². The zero-order chi connectivity index (χ0) is 13.3. The monoisotopic (exact) mass is 252 g/mol.